The molecular formula is C11H11ClF3NO3. The Balaban J connectivity index is 2.95. The largest absolute Gasteiger partial charge is 0.491 e. The molecule has 0 fully saturated rings. The molecule has 19 heavy (non-hydrogen) atoms. The molecule has 2 N–H and O–H groups in total. The summed E-state index contributed by atoms with van der Waals surface area (Å²) in [5.41, 5.74) is 5.55. The number of anilines is 1. The summed E-state index contributed by atoms with van der Waals surface area (Å²) in [5, 5.41) is -0.0532. The molecule has 0 spiro atoms. The van der Waals surface area contributed by atoms with E-state index >= 15 is 0 Å². The van der Waals surface area contributed by atoms with Gasteiger partial charge in [-0.2, -0.15) is 13.2 Å². The van der Waals surface area contributed by atoms with E-state index in [1.807, 2.05) is 0 Å². The quantitative estimate of drug-likeness (QED) is 0.685. The van der Waals surface area contributed by atoms with Gasteiger partial charge in [-0.05, 0) is 12.1 Å². The number of rotatable bonds is 4. The number of methoxy groups -OCH3 is 1. The lowest BCUT2D eigenvalue weighted by atomic mass is 10.2. The first-order valence-corrected chi connectivity index (χ1v) is 5.49. The van der Waals surface area contributed by atoms with Crippen molar-refractivity contribution in [1.29, 1.82) is 0 Å². The molecule has 0 radical (unpaired) electrons. The summed E-state index contributed by atoms with van der Waals surface area (Å²) in [7, 11) is 1.12. The molecule has 8 heteroatoms. The third-order valence-corrected chi connectivity index (χ3v) is 2.38. The molecule has 106 valence electrons. The standard InChI is InChI=1S/C11H11ClF3NO3/c1-18-10(17)7-4-6(16)5-8(12)9(7)19-3-2-11(13,14)15/h4-5H,2-3,16H2,1H3. The normalized spacial score (nSPS) is 11.2. The van der Waals surface area contributed by atoms with E-state index in [4.69, 9.17) is 22.1 Å². The Kier molecular flexibility index (Phi) is 4.88. The SMILES string of the molecule is COC(=O)c1cc(N)cc(Cl)c1OCCC(F)(F)F. The number of esters is 1. The third kappa shape index (κ3) is 4.51. The first-order chi connectivity index (χ1) is 8.74. The Morgan fingerprint density at radius 1 is 1.42 bits per heavy atom. The van der Waals surface area contributed by atoms with Gasteiger partial charge in [-0.15, -0.1) is 0 Å². The number of nitrogen functional groups attached to an aromatic ring is 1. The summed E-state index contributed by atoms with van der Waals surface area (Å²) >= 11 is 5.79. The van der Waals surface area contributed by atoms with Crippen molar-refractivity contribution in [2.45, 2.75) is 12.6 Å². The van der Waals surface area contributed by atoms with Crippen LogP contribution in [0.1, 0.15) is 16.8 Å². The lowest BCUT2D eigenvalue weighted by molar-refractivity contribution is -0.139. The molecule has 0 aliphatic carbocycles. The summed E-state index contributed by atoms with van der Waals surface area (Å²) in [6.07, 6.45) is -5.51. The second-order valence-electron chi connectivity index (χ2n) is 3.58. The minimum Gasteiger partial charge on any atom is -0.491 e. The number of alkyl halides is 3. The van der Waals surface area contributed by atoms with Crippen LogP contribution in [0.2, 0.25) is 5.02 Å². The Bertz CT molecular complexity index is 477. The summed E-state index contributed by atoms with van der Waals surface area (Å²) in [5.74, 6) is -0.969. The van der Waals surface area contributed by atoms with E-state index in [-0.39, 0.29) is 22.0 Å². The van der Waals surface area contributed by atoms with Crippen LogP contribution in [0.3, 0.4) is 0 Å². The lowest BCUT2D eigenvalue weighted by Crippen LogP contribution is -2.15. The van der Waals surface area contributed by atoms with E-state index in [9.17, 15) is 18.0 Å². The first-order valence-electron chi connectivity index (χ1n) is 5.11. The fourth-order valence-electron chi connectivity index (χ4n) is 1.29. The molecule has 0 aromatic heterocycles. The van der Waals surface area contributed by atoms with Crippen molar-refractivity contribution in [3.05, 3.63) is 22.7 Å². The Morgan fingerprint density at radius 2 is 2.05 bits per heavy atom. The first kappa shape index (κ1) is 15.4. The number of carbonyl (C=O) groups is 1. The van der Waals surface area contributed by atoms with Crippen molar-refractivity contribution >= 4 is 23.3 Å². The molecule has 0 saturated carbocycles. The van der Waals surface area contributed by atoms with Gasteiger partial charge in [0, 0.05) is 5.69 Å². The maximum atomic E-state index is 12.0. The highest BCUT2D eigenvalue weighted by molar-refractivity contribution is 6.33. The van der Waals surface area contributed by atoms with Crippen LogP contribution >= 0.6 is 11.6 Å². The smallest absolute Gasteiger partial charge is 0.392 e. The molecule has 4 nitrogen and oxygen atoms in total. The van der Waals surface area contributed by atoms with E-state index in [2.05, 4.69) is 4.74 Å². The Labute approximate surface area is 112 Å². The second kappa shape index (κ2) is 6.01. The molecule has 1 aromatic rings. The van der Waals surface area contributed by atoms with Crippen molar-refractivity contribution in [3.63, 3.8) is 0 Å². The lowest BCUT2D eigenvalue weighted by Gasteiger charge is -2.13. The minimum absolute atomic E-state index is 0.0532. The maximum Gasteiger partial charge on any atom is 0.392 e. The third-order valence-electron chi connectivity index (χ3n) is 2.10. The topological polar surface area (TPSA) is 61.5 Å². The van der Waals surface area contributed by atoms with Gasteiger partial charge in [-0.1, -0.05) is 11.6 Å². The van der Waals surface area contributed by atoms with E-state index in [0.29, 0.717) is 0 Å². The number of halogens is 4. The molecule has 0 unspecified atom stereocenters. The molecule has 0 amide bonds. The van der Waals surface area contributed by atoms with Crippen LogP contribution in [0.15, 0.2) is 12.1 Å². The predicted octanol–water partition coefficient (Wildman–Crippen LogP) is 3.04. The maximum absolute atomic E-state index is 12.0. The van der Waals surface area contributed by atoms with Gasteiger partial charge in [0.25, 0.3) is 0 Å². The van der Waals surface area contributed by atoms with Gasteiger partial charge in [0.1, 0.15) is 5.56 Å². The van der Waals surface area contributed by atoms with E-state index in [1.54, 1.807) is 0 Å². The van der Waals surface area contributed by atoms with Crippen LogP contribution < -0.4 is 10.5 Å². The average Bonchev–Trinajstić information content (AvgIpc) is 2.28. The van der Waals surface area contributed by atoms with Crippen LogP contribution in [0.25, 0.3) is 0 Å². The molecule has 0 bridgehead atoms. The van der Waals surface area contributed by atoms with Crippen molar-refractivity contribution in [2.24, 2.45) is 0 Å². The molecule has 0 aliphatic rings. The molecule has 1 rings (SSSR count). The van der Waals surface area contributed by atoms with Gasteiger partial charge < -0.3 is 15.2 Å². The molecule has 0 saturated heterocycles. The van der Waals surface area contributed by atoms with Gasteiger partial charge in [-0.3, -0.25) is 0 Å². The van der Waals surface area contributed by atoms with E-state index in [0.717, 1.165) is 7.11 Å². The molecule has 0 heterocycles. The number of hydrogen-bond acceptors (Lipinski definition) is 4. The van der Waals surface area contributed by atoms with Gasteiger partial charge in [0.2, 0.25) is 0 Å². The van der Waals surface area contributed by atoms with Crippen LogP contribution in [0.5, 0.6) is 5.75 Å². The predicted molar refractivity (Wildman–Crippen MR) is 63.4 cm³/mol. The second-order valence-corrected chi connectivity index (χ2v) is 3.99. The van der Waals surface area contributed by atoms with Crippen molar-refractivity contribution in [1.82, 2.24) is 0 Å². The highest BCUT2D eigenvalue weighted by Crippen LogP contribution is 2.32. The summed E-state index contributed by atoms with van der Waals surface area (Å²) in [4.78, 5) is 11.5. The monoisotopic (exact) mass is 297 g/mol. The van der Waals surface area contributed by atoms with Crippen LogP contribution in [-0.4, -0.2) is 25.9 Å². The van der Waals surface area contributed by atoms with Gasteiger partial charge in [-0.25, -0.2) is 4.79 Å². The number of nitrogens with two attached hydrogens (primary N) is 1. The zero-order chi connectivity index (χ0) is 14.6. The van der Waals surface area contributed by atoms with Crippen molar-refractivity contribution in [3.8, 4) is 5.75 Å². The summed E-state index contributed by atoms with van der Waals surface area (Å²) in [6.45, 7) is -0.656. The van der Waals surface area contributed by atoms with Crippen molar-refractivity contribution in [2.75, 3.05) is 19.5 Å². The number of ether oxygens (including phenoxy) is 2. The average molecular weight is 298 g/mol. The summed E-state index contributed by atoms with van der Waals surface area (Å²) < 4.78 is 45.5. The number of benzene rings is 1. The van der Waals surface area contributed by atoms with Crippen LogP contribution in [0.4, 0.5) is 18.9 Å². The zero-order valence-electron chi connectivity index (χ0n) is 9.88. The minimum atomic E-state index is -4.36. The highest BCUT2D eigenvalue weighted by atomic mass is 35.5. The van der Waals surface area contributed by atoms with Crippen LogP contribution in [-0.2, 0) is 4.74 Å². The highest BCUT2D eigenvalue weighted by Gasteiger charge is 2.27. The number of hydrogen-bond donors (Lipinski definition) is 1. The van der Waals surface area contributed by atoms with E-state index in [1.165, 1.54) is 12.1 Å². The Hall–Kier alpha value is -1.63. The van der Waals surface area contributed by atoms with Gasteiger partial charge in [0.05, 0.1) is 25.2 Å². The fourth-order valence-corrected chi connectivity index (χ4v) is 1.57. The van der Waals surface area contributed by atoms with Crippen LogP contribution in [0, 0.1) is 0 Å². The van der Waals surface area contributed by atoms with E-state index < -0.39 is 25.2 Å². The summed E-state index contributed by atoms with van der Waals surface area (Å²) in [6, 6.07) is 2.50. The molecule has 1 aromatic carbocycles. The molecular weight excluding hydrogens is 287 g/mol. The fraction of sp³-hybridized carbons (Fsp3) is 0.364. The number of carbonyl (C=O) groups excluding carboxylic acids is 1. The zero-order valence-corrected chi connectivity index (χ0v) is 10.6. The Morgan fingerprint density at radius 3 is 2.58 bits per heavy atom. The molecule has 0 aliphatic heterocycles. The van der Waals surface area contributed by atoms with Gasteiger partial charge in [0.15, 0.2) is 5.75 Å². The molecule has 0 atom stereocenters. The van der Waals surface area contributed by atoms with Gasteiger partial charge >= 0.3 is 12.1 Å². The van der Waals surface area contributed by atoms with Crippen molar-refractivity contribution < 1.29 is 27.4 Å².